The van der Waals surface area contributed by atoms with Crippen molar-refractivity contribution in [1.82, 2.24) is 9.80 Å². The van der Waals surface area contributed by atoms with Crippen molar-refractivity contribution in [3.05, 3.63) is 34.3 Å². The Hall–Kier alpha value is -1.80. The van der Waals surface area contributed by atoms with Crippen LogP contribution in [-0.2, 0) is 22.2 Å². The van der Waals surface area contributed by atoms with Gasteiger partial charge in [-0.05, 0) is 56.9 Å². The van der Waals surface area contributed by atoms with Crippen molar-refractivity contribution in [2.75, 3.05) is 19.6 Å². The lowest BCUT2D eigenvalue weighted by Gasteiger charge is -2.57. The number of halogens is 4. The summed E-state index contributed by atoms with van der Waals surface area (Å²) >= 11 is 5.82. The van der Waals surface area contributed by atoms with Gasteiger partial charge in [-0.25, -0.2) is 0 Å². The minimum atomic E-state index is -4.54. The lowest BCUT2D eigenvalue weighted by Crippen LogP contribution is -2.69. The standard InChI is InChI=1S/C21H26ClF3N2O3/c1-19(2,30)12-18(29)27-7-5-20(27)4-3-6-26(13-20)17(28)10-14-8-15(21(23,24)25)11-16(22)9-14/h8-9,11,30H,3-7,10,12-13H2,1-2H3. The van der Waals surface area contributed by atoms with E-state index in [1.54, 1.807) is 23.6 Å². The molecule has 30 heavy (non-hydrogen) atoms. The Kier molecular flexibility index (Phi) is 6.13. The molecule has 2 amide bonds. The average Bonchev–Trinajstić information content (AvgIpc) is 2.58. The molecule has 1 N–H and O–H groups in total. The van der Waals surface area contributed by atoms with Crippen LogP contribution in [0.25, 0.3) is 0 Å². The number of alkyl halides is 3. The molecule has 1 aromatic rings. The molecule has 1 atom stereocenters. The average molecular weight is 447 g/mol. The highest BCUT2D eigenvalue weighted by Crippen LogP contribution is 2.40. The van der Waals surface area contributed by atoms with Crippen LogP contribution in [-0.4, -0.2) is 57.5 Å². The summed E-state index contributed by atoms with van der Waals surface area (Å²) < 4.78 is 39.1. The quantitative estimate of drug-likeness (QED) is 0.768. The van der Waals surface area contributed by atoms with Crippen molar-refractivity contribution in [3.63, 3.8) is 0 Å². The zero-order valence-corrected chi connectivity index (χ0v) is 17.8. The van der Waals surface area contributed by atoms with Gasteiger partial charge in [-0.3, -0.25) is 9.59 Å². The fourth-order valence-electron chi connectivity index (χ4n) is 4.35. The van der Waals surface area contributed by atoms with Gasteiger partial charge in [0, 0.05) is 24.7 Å². The molecule has 0 radical (unpaired) electrons. The highest BCUT2D eigenvalue weighted by atomic mass is 35.5. The minimum absolute atomic E-state index is 0.00539. The van der Waals surface area contributed by atoms with Crippen LogP contribution in [0.4, 0.5) is 13.2 Å². The van der Waals surface area contributed by atoms with E-state index in [0.29, 0.717) is 26.1 Å². The number of carbonyl (C=O) groups is 2. The molecule has 0 aromatic heterocycles. The monoisotopic (exact) mass is 446 g/mol. The molecule has 1 aromatic carbocycles. The zero-order chi connectivity index (χ0) is 22.3. The van der Waals surface area contributed by atoms with Gasteiger partial charge in [0.05, 0.1) is 29.5 Å². The van der Waals surface area contributed by atoms with Crippen LogP contribution in [0.2, 0.25) is 5.02 Å². The molecule has 5 nitrogen and oxygen atoms in total. The Balaban J connectivity index is 1.70. The molecule has 2 heterocycles. The Morgan fingerprint density at radius 1 is 1.13 bits per heavy atom. The Morgan fingerprint density at radius 3 is 2.40 bits per heavy atom. The first kappa shape index (κ1) is 22.9. The first-order valence-electron chi connectivity index (χ1n) is 9.96. The molecule has 1 spiro atoms. The normalized spacial score (nSPS) is 22.2. The topological polar surface area (TPSA) is 60.9 Å². The van der Waals surface area contributed by atoms with Gasteiger partial charge in [0.2, 0.25) is 11.8 Å². The highest BCUT2D eigenvalue weighted by molar-refractivity contribution is 6.30. The number of hydrogen-bond acceptors (Lipinski definition) is 3. The summed E-state index contributed by atoms with van der Waals surface area (Å²) in [5.74, 6) is -0.432. The Morgan fingerprint density at radius 2 is 1.83 bits per heavy atom. The maximum atomic E-state index is 13.0. The minimum Gasteiger partial charge on any atom is -0.390 e. The van der Waals surface area contributed by atoms with Crippen molar-refractivity contribution in [2.24, 2.45) is 0 Å². The lowest BCUT2D eigenvalue weighted by molar-refractivity contribution is -0.160. The fourth-order valence-corrected chi connectivity index (χ4v) is 4.60. The summed E-state index contributed by atoms with van der Waals surface area (Å²) in [4.78, 5) is 28.8. The second-order valence-corrected chi connectivity index (χ2v) is 9.39. The SMILES string of the molecule is CC(C)(O)CC(=O)N1CCC12CCCN(C(=O)Cc1cc(Cl)cc(C(F)(F)F)c1)C2. The Bertz CT molecular complexity index is 838. The van der Waals surface area contributed by atoms with E-state index in [4.69, 9.17) is 11.6 Å². The molecular weight excluding hydrogens is 421 g/mol. The third-order valence-electron chi connectivity index (χ3n) is 5.81. The van der Waals surface area contributed by atoms with Gasteiger partial charge in [-0.2, -0.15) is 13.2 Å². The molecular formula is C21H26ClF3N2O3. The molecule has 2 aliphatic heterocycles. The number of benzene rings is 1. The number of amides is 2. The number of hydrogen-bond donors (Lipinski definition) is 1. The van der Waals surface area contributed by atoms with E-state index in [0.717, 1.165) is 25.0 Å². The molecule has 0 aliphatic carbocycles. The molecule has 166 valence electrons. The predicted octanol–water partition coefficient (Wildman–Crippen LogP) is 3.66. The molecule has 9 heteroatoms. The fraction of sp³-hybridized carbons (Fsp3) is 0.619. The van der Waals surface area contributed by atoms with Crippen LogP contribution >= 0.6 is 11.6 Å². The van der Waals surface area contributed by atoms with Crippen LogP contribution in [0.3, 0.4) is 0 Å². The largest absolute Gasteiger partial charge is 0.416 e. The maximum absolute atomic E-state index is 13.0. The predicted molar refractivity (Wildman–Crippen MR) is 106 cm³/mol. The first-order chi connectivity index (χ1) is 13.8. The second kappa shape index (κ2) is 8.04. The number of carbonyl (C=O) groups excluding carboxylic acids is 2. The highest BCUT2D eigenvalue weighted by Gasteiger charge is 2.50. The van der Waals surface area contributed by atoms with E-state index in [1.807, 2.05) is 0 Å². The van der Waals surface area contributed by atoms with Crippen LogP contribution in [0.1, 0.15) is 50.7 Å². The number of piperidine rings is 1. The number of nitrogens with zero attached hydrogens (tertiary/aromatic N) is 2. The van der Waals surface area contributed by atoms with Crippen molar-refractivity contribution < 1.29 is 27.9 Å². The van der Waals surface area contributed by atoms with E-state index < -0.39 is 22.9 Å². The van der Waals surface area contributed by atoms with Crippen LogP contribution in [0, 0.1) is 0 Å². The summed E-state index contributed by atoms with van der Waals surface area (Å²) in [6, 6.07) is 3.16. The van der Waals surface area contributed by atoms with Gasteiger partial charge in [0.25, 0.3) is 0 Å². The van der Waals surface area contributed by atoms with E-state index in [9.17, 15) is 27.9 Å². The second-order valence-electron chi connectivity index (χ2n) is 8.95. The van der Waals surface area contributed by atoms with Gasteiger partial charge >= 0.3 is 6.18 Å². The van der Waals surface area contributed by atoms with Gasteiger partial charge in [-0.15, -0.1) is 0 Å². The summed E-state index contributed by atoms with van der Waals surface area (Å²) in [5, 5.41) is 9.88. The summed E-state index contributed by atoms with van der Waals surface area (Å²) in [6.07, 6.45) is -2.47. The zero-order valence-electron chi connectivity index (χ0n) is 17.1. The van der Waals surface area contributed by atoms with Crippen LogP contribution in [0.15, 0.2) is 18.2 Å². The summed E-state index contributed by atoms with van der Waals surface area (Å²) in [7, 11) is 0. The number of rotatable bonds is 4. The van der Waals surface area contributed by atoms with E-state index in [1.165, 1.54) is 6.07 Å². The van der Waals surface area contributed by atoms with E-state index in [2.05, 4.69) is 0 Å². The van der Waals surface area contributed by atoms with Crippen molar-refractivity contribution in [3.8, 4) is 0 Å². The van der Waals surface area contributed by atoms with Crippen molar-refractivity contribution in [2.45, 2.75) is 63.3 Å². The number of aliphatic hydroxyl groups is 1. The molecule has 0 bridgehead atoms. The molecule has 0 saturated carbocycles. The third-order valence-corrected chi connectivity index (χ3v) is 6.02. The van der Waals surface area contributed by atoms with E-state index in [-0.39, 0.29) is 35.2 Å². The smallest absolute Gasteiger partial charge is 0.390 e. The molecule has 1 unspecified atom stereocenters. The lowest BCUT2D eigenvalue weighted by atomic mass is 9.77. The van der Waals surface area contributed by atoms with Crippen LogP contribution < -0.4 is 0 Å². The molecule has 3 rings (SSSR count). The van der Waals surface area contributed by atoms with Crippen LogP contribution in [0.5, 0.6) is 0 Å². The summed E-state index contributed by atoms with van der Waals surface area (Å²) in [5.41, 5.74) is -2.22. The van der Waals surface area contributed by atoms with Crippen molar-refractivity contribution >= 4 is 23.4 Å². The van der Waals surface area contributed by atoms with E-state index >= 15 is 0 Å². The molecule has 2 saturated heterocycles. The third kappa shape index (κ3) is 5.09. The van der Waals surface area contributed by atoms with Gasteiger partial charge in [0.1, 0.15) is 0 Å². The van der Waals surface area contributed by atoms with Gasteiger partial charge < -0.3 is 14.9 Å². The first-order valence-corrected chi connectivity index (χ1v) is 10.3. The molecule has 2 aliphatic rings. The van der Waals surface area contributed by atoms with Crippen molar-refractivity contribution in [1.29, 1.82) is 0 Å². The summed E-state index contributed by atoms with van der Waals surface area (Å²) in [6.45, 7) is 4.60. The maximum Gasteiger partial charge on any atom is 0.416 e. The number of likely N-dealkylation sites (tertiary alicyclic amines) is 2. The Labute approximate surface area is 178 Å². The van der Waals surface area contributed by atoms with Gasteiger partial charge in [-0.1, -0.05) is 11.6 Å². The molecule has 2 fully saturated rings. The van der Waals surface area contributed by atoms with Gasteiger partial charge in [0.15, 0.2) is 0 Å².